The van der Waals surface area contributed by atoms with Gasteiger partial charge < -0.3 is 13.7 Å². The maximum Gasteiger partial charge on any atom is 0.534 e. The zero-order valence-electron chi connectivity index (χ0n) is 13.6. The molecule has 0 unspecified atom stereocenters. The van der Waals surface area contributed by atoms with Crippen molar-refractivity contribution in [2.45, 2.75) is 12.1 Å². The van der Waals surface area contributed by atoms with Gasteiger partial charge in [0.1, 0.15) is 17.9 Å². The summed E-state index contributed by atoms with van der Waals surface area (Å²) in [6, 6.07) is 10.4. The largest absolute Gasteiger partial charge is 0.534 e. The van der Waals surface area contributed by atoms with E-state index < -0.39 is 32.9 Å². The van der Waals surface area contributed by atoms with Gasteiger partial charge in [-0.15, -0.1) is 0 Å². The fourth-order valence-corrected chi connectivity index (χ4v) is 2.57. The molecule has 0 saturated heterocycles. The normalized spacial score (nSPS) is 11.7. The number of hydrogen-bond acceptors (Lipinski definition) is 6. The van der Waals surface area contributed by atoms with Crippen molar-refractivity contribution in [3.8, 4) is 11.5 Å². The molecule has 0 aromatic heterocycles. The fraction of sp³-hybridized carbons (Fsp3) is 0.188. The predicted molar refractivity (Wildman–Crippen MR) is 89.2 cm³/mol. The van der Waals surface area contributed by atoms with E-state index in [-0.39, 0.29) is 17.4 Å². The molecule has 27 heavy (non-hydrogen) atoms. The third-order valence-electron chi connectivity index (χ3n) is 3.16. The summed E-state index contributed by atoms with van der Waals surface area (Å²) in [5, 5.41) is -0.150. The summed E-state index contributed by atoms with van der Waals surface area (Å²) in [5.41, 5.74) is -5.58. The molecule has 2 aromatic rings. The molecular weight excluding hydrogens is 413 g/mol. The van der Waals surface area contributed by atoms with Crippen LogP contribution in [0.3, 0.4) is 0 Å². The van der Waals surface area contributed by atoms with Crippen LogP contribution in [0.5, 0.6) is 11.5 Å². The highest BCUT2D eigenvalue weighted by Gasteiger charge is 2.49. The highest BCUT2D eigenvalue weighted by molar-refractivity contribution is 7.88. The molecule has 0 radical (unpaired) electrons. The zero-order chi connectivity index (χ0) is 20.2. The van der Waals surface area contributed by atoms with E-state index in [0.717, 1.165) is 24.8 Å². The highest BCUT2D eigenvalue weighted by atomic mass is 35.5. The van der Waals surface area contributed by atoms with E-state index in [4.69, 9.17) is 16.3 Å². The summed E-state index contributed by atoms with van der Waals surface area (Å²) in [6.07, 6.45) is 0. The summed E-state index contributed by atoms with van der Waals surface area (Å²) in [5.74, 6) is -2.24. The molecule has 0 bridgehead atoms. The quantitative estimate of drug-likeness (QED) is 0.397. The van der Waals surface area contributed by atoms with Gasteiger partial charge in [0.25, 0.3) is 0 Å². The highest BCUT2D eigenvalue weighted by Crippen LogP contribution is 2.36. The third-order valence-corrected chi connectivity index (χ3v) is 4.42. The van der Waals surface area contributed by atoms with Crippen LogP contribution in [0.2, 0.25) is 5.02 Å². The lowest BCUT2D eigenvalue weighted by atomic mass is 10.2. The third kappa shape index (κ3) is 5.04. The molecule has 0 amide bonds. The van der Waals surface area contributed by atoms with Crippen LogP contribution in [-0.2, 0) is 21.5 Å². The minimum atomic E-state index is -6.02. The average molecular weight is 425 g/mol. The van der Waals surface area contributed by atoms with Crippen molar-refractivity contribution in [1.29, 1.82) is 0 Å². The standard InChI is InChI=1S/C16H12ClF3O6S/c1-24-15(21)11-7-12(17)14(25-9-10-5-3-2-4-6-10)8-13(11)26-27(22,23)16(18,19)20/h2-8H,9H2,1H3. The molecule has 0 saturated carbocycles. The molecule has 2 rings (SSSR count). The first kappa shape index (κ1) is 20.8. The van der Waals surface area contributed by atoms with Crippen LogP contribution in [-0.4, -0.2) is 27.0 Å². The first-order valence-corrected chi connectivity index (χ1v) is 8.93. The number of ether oxygens (including phenoxy) is 2. The van der Waals surface area contributed by atoms with E-state index >= 15 is 0 Å². The van der Waals surface area contributed by atoms with Crippen LogP contribution < -0.4 is 8.92 Å². The molecule has 146 valence electrons. The minimum Gasteiger partial charge on any atom is -0.487 e. The Balaban J connectivity index is 2.41. The molecule has 0 spiro atoms. The monoisotopic (exact) mass is 424 g/mol. The Morgan fingerprint density at radius 2 is 1.74 bits per heavy atom. The van der Waals surface area contributed by atoms with E-state index in [1.165, 1.54) is 0 Å². The Hall–Kier alpha value is -2.46. The van der Waals surface area contributed by atoms with Crippen molar-refractivity contribution >= 4 is 27.7 Å². The summed E-state index contributed by atoms with van der Waals surface area (Å²) in [6.45, 7) is -0.0103. The van der Waals surface area contributed by atoms with Gasteiger partial charge in [-0.2, -0.15) is 21.6 Å². The van der Waals surface area contributed by atoms with Crippen molar-refractivity contribution in [3.63, 3.8) is 0 Å². The molecule has 0 aliphatic carbocycles. The van der Waals surface area contributed by atoms with Gasteiger partial charge >= 0.3 is 21.6 Å². The van der Waals surface area contributed by atoms with Crippen LogP contribution in [0.25, 0.3) is 0 Å². The Bertz CT molecular complexity index is 929. The number of halogens is 4. The van der Waals surface area contributed by atoms with Gasteiger partial charge in [-0.25, -0.2) is 4.79 Å². The van der Waals surface area contributed by atoms with Crippen LogP contribution in [0.1, 0.15) is 15.9 Å². The number of methoxy groups -OCH3 is 1. The van der Waals surface area contributed by atoms with Gasteiger partial charge in [0.15, 0.2) is 5.75 Å². The van der Waals surface area contributed by atoms with Gasteiger partial charge in [-0.3, -0.25) is 0 Å². The Kier molecular flexibility index (Phi) is 6.22. The van der Waals surface area contributed by atoms with E-state index in [1.807, 2.05) is 0 Å². The van der Waals surface area contributed by atoms with Crippen molar-refractivity contribution < 1.29 is 40.0 Å². The molecule has 0 atom stereocenters. The first-order valence-electron chi connectivity index (χ1n) is 7.14. The number of esters is 1. The van der Waals surface area contributed by atoms with Crippen molar-refractivity contribution in [2.75, 3.05) is 7.11 Å². The number of carbonyl (C=O) groups is 1. The molecular formula is C16H12ClF3O6S. The van der Waals surface area contributed by atoms with Crippen molar-refractivity contribution in [3.05, 3.63) is 58.6 Å². The summed E-state index contributed by atoms with van der Waals surface area (Å²) < 4.78 is 74.2. The predicted octanol–water partition coefficient (Wildman–Crippen LogP) is 3.93. The summed E-state index contributed by atoms with van der Waals surface area (Å²) in [7, 11) is -5.06. The van der Waals surface area contributed by atoms with Gasteiger partial charge in [-0.1, -0.05) is 41.9 Å². The molecule has 6 nitrogen and oxygen atoms in total. The zero-order valence-corrected chi connectivity index (χ0v) is 15.2. The second-order valence-electron chi connectivity index (χ2n) is 5.03. The fourth-order valence-electron chi connectivity index (χ4n) is 1.88. The lowest BCUT2D eigenvalue weighted by Gasteiger charge is -2.15. The van der Waals surface area contributed by atoms with E-state index in [2.05, 4.69) is 8.92 Å². The van der Waals surface area contributed by atoms with Gasteiger partial charge in [0.05, 0.1) is 12.1 Å². The molecule has 0 fully saturated rings. The summed E-state index contributed by atoms with van der Waals surface area (Å²) in [4.78, 5) is 11.7. The lowest BCUT2D eigenvalue weighted by molar-refractivity contribution is -0.0500. The number of rotatable bonds is 6. The Morgan fingerprint density at radius 3 is 2.30 bits per heavy atom. The van der Waals surface area contributed by atoms with Crippen LogP contribution in [0.4, 0.5) is 13.2 Å². The average Bonchev–Trinajstić information content (AvgIpc) is 2.60. The van der Waals surface area contributed by atoms with E-state index in [9.17, 15) is 26.4 Å². The van der Waals surface area contributed by atoms with Crippen LogP contribution in [0.15, 0.2) is 42.5 Å². The second kappa shape index (κ2) is 8.05. The van der Waals surface area contributed by atoms with Crippen LogP contribution >= 0.6 is 11.6 Å². The second-order valence-corrected chi connectivity index (χ2v) is 6.97. The maximum absolute atomic E-state index is 12.6. The molecule has 0 N–H and O–H groups in total. The van der Waals surface area contributed by atoms with E-state index in [0.29, 0.717) is 0 Å². The van der Waals surface area contributed by atoms with Gasteiger partial charge in [0.2, 0.25) is 0 Å². The van der Waals surface area contributed by atoms with Crippen LogP contribution in [0, 0.1) is 0 Å². The SMILES string of the molecule is COC(=O)c1cc(Cl)c(OCc2ccccc2)cc1OS(=O)(=O)C(F)(F)F. The topological polar surface area (TPSA) is 78.9 Å². The Morgan fingerprint density at radius 1 is 1.11 bits per heavy atom. The molecule has 0 heterocycles. The summed E-state index contributed by atoms with van der Waals surface area (Å²) >= 11 is 5.97. The van der Waals surface area contributed by atoms with E-state index in [1.54, 1.807) is 30.3 Å². The maximum atomic E-state index is 12.6. The minimum absolute atomic E-state index is 0.0103. The molecule has 0 aliphatic rings. The number of carbonyl (C=O) groups excluding carboxylic acids is 1. The molecule has 11 heteroatoms. The Labute approximate surface area is 157 Å². The smallest absolute Gasteiger partial charge is 0.487 e. The number of benzene rings is 2. The molecule has 2 aromatic carbocycles. The number of alkyl halides is 3. The van der Waals surface area contributed by atoms with Gasteiger partial charge in [0, 0.05) is 6.07 Å². The lowest BCUT2D eigenvalue weighted by Crippen LogP contribution is -2.28. The van der Waals surface area contributed by atoms with Gasteiger partial charge in [-0.05, 0) is 11.6 Å². The molecule has 0 aliphatic heterocycles. The number of hydrogen-bond donors (Lipinski definition) is 0. The van der Waals surface area contributed by atoms with Crippen molar-refractivity contribution in [2.24, 2.45) is 0 Å². The first-order chi connectivity index (χ1) is 12.5. The van der Waals surface area contributed by atoms with Crippen molar-refractivity contribution in [1.82, 2.24) is 0 Å².